The van der Waals surface area contributed by atoms with Crippen molar-refractivity contribution in [2.75, 3.05) is 30.4 Å². The molecule has 0 saturated carbocycles. The van der Waals surface area contributed by atoms with E-state index in [2.05, 4.69) is 51.6 Å². The minimum Gasteiger partial charge on any atom is -0.497 e. The molecule has 4 rings (SSSR count). The van der Waals surface area contributed by atoms with E-state index in [-0.39, 0.29) is 0 Å². The Morgan fingerprint density at radius 3 is 2.78 bits per heavy atom. The lowest BCUT2D eigenvalue weighted by molar-refractivity contribution is 0.414. The van der Waals surface area contributed by atoms with Crippen LogP contribution in [0, 0.1) is 0 Å². The summed E-state index contributed by atoms with van der Waals surface area (Å²) in [5.41, 5.74) is 3.85. The van der Waals surface area contributed by atoms with Crippen LogP contribution in [0.25, 0.3) is 0 Å². The number of nitrogens with zero attached hydrogens (tertiary/aromatic N) is 3. The number of anilines is 3. The molecular weight excluding hydrogens is 336 g/mol. The lowest BCUT2D eigenvalue weighted by Gasteiger charge is -2.29. The Morgan fingerprint density at radius 1 is 1.07 bits per heavy atom. The number of hydrogen-bond acceptors (Lipinski definition) is 5. The minimum atomic E-state index is 0.761. The summed E-state index contributed by atoms with van der Waals surface area (Å²) in [6, 6.07) is 18.6. The Bertz CT molecular complexity index is 895. The predicted octanol–water partition coefficient (Wildman–Crippen LogP) is 4.22. The Morgan fingerprint density at radius 2 is 1.93 bits per heavy atom. The molecule has 0 spiro atoms. The van der Waals surface area contributed by atoms with Crippen molar-refractivity contribution in [1.82, 2.24) is 9.97 Å². The summed E-state index contributed by atoms with van der Waals surface area (Å²) < 4.78 is 5.20. The van der Waals surface area contributed by atoms with Crippen LogP contribution in [0.5, 0.6) is 5.75 Å². The first-order chi connectivity index (χ1) is 13.3. The molecule has 0 radical (unpaired) electrons. The van der Waals surface area contributed by atoms with Gasteiger partial charge in [-0.3, -0.25) is 0 Å². The summed E-state index contributed by atoms with van der Waals surface area (Å²) >= 11 is 0. The molecule has 138 valence electrons. The molecule has 1 aliphatic rings. The Hall–Kier alpha value is -3.08. The molecule has 3 aromatic rings. The van der Waals surface area contributed by atoms with Gasteiger partial charge in [0.15, 0.2) is 0 Å². The fraction of sp³-hybridized carbons (Fsp3) is 0.273. The van der Waals surface area contributed by atoms with E-state index in [0.717, 1.165) is 49.9 Å². The third-order valence-electron chi connectivity index (χ3n) is 4.87. The van der Waals surface area contributed by atoms with Gasteiger partial charge in [0.25, 0.3) is 0 Å². The summed E-state index contributed by atoms with van der Waals surface area (Å²) in [4.78, 5) is 11.5. The maximum atomic E-state index is 5.20. The molecule has 2 aromatic carbocycles. The summed E-state index contributed by atoms with van der Waals surface area (Å²) in [5, 5.41) is 3.42. The van der Waals surface area contributed by atoms with Crippen molar-refractivity contribution in [3.63, 3.8) is 0 Å². The van der Waals surface area contributed by atoms with Crippen LogP contribution in [0.15, 0.2) is 60.8 Å². The van der Waals surface area contributed by atoms with Crippen LogP contribution in [-0.2, 0) is 12.8 Å². The van der Waals surface area contributed by atoms with Gasteiger partial charge < -0.3 is 15.0 Å². The monoisotopic (exact) mass is 360 g/mol. The van der Waals surface area contributed by atoms with Crippen LogP contribution >= 0.6 is 0 Å². The fourth-order valence-electron chi connectivity index (χ4n) is 3.45. The number of methoxy groups -OCH3 is 1. The highest BCUT2D eigenvalue weighted by Gasteiger charge is 2.19. The van der Waals surface area contributed by atoms with Gasteiger partial charge in [-0.05, 0) is 54.7 Å². The molecule has 5 heteroatoms. The minimum absolute atomic E-state index is 0.761. The zero-order valence-electron chi connectivity index (χ0n) is 15.6. The lowest BCUT2D eigenvalue weighted by atomic mass is 10.0. The first-order valence-electron chi connectivity index (χ1n) is 9.39. The zero-order chi connectivity index (χ0) is 18.5. The van der Waals surface area contributed by atoms with Gasteiger partial charge in [0.1, 0.15) is 11.6 Å². The summed E-state index contributed by atoms with van der Waals surface area (Å²) in [6.07, 6.45) is 4.99. The van der Waals surface area contributed by atoms with Gasteiger partial charge in [-0.2, -0.15) is 4.98 Å². The smallest absolute Gasteiger partial charge is 0.231 e. The Labute approximate surface area is 160 Å². The van der Waals surface area contributed by atoms with Gasteiger partial charge in [0.2, 0.25) is 5.95 Å². The molecule has 0 amide bonds. The second-order valence-corrected chi connectivity index (χ2v) is 6.65. The van der Waals surface area contributed by atoms with Crippen LogP contribution in [-0.4, -0.2) is 30.2 Å². The van der Waals surface area contributed by atoms with E-state index in [1.54, 1.807) is 7.11 Å². The molecule has 1 N–H and O–H groups in total. The van der Waals surface area contributed by atoms with Crippen LogP contribution < -0.4 is 15.0 Å². The van der Waals surface area contributed by atoms with E-state index in [1.807, 2.05) is 24.4 Å². The molecule has 0 saturated heterocycles. The number of fused-ring (bicyclic) bond motifs is 1. The maximum Gasteiger partial charge on any atom is 0.231 e. The molecule has 27 heavy (non-hydrogen) atoms. The largest absolute Gasteiger partial charge is 0.497 e. The molecule has 5 nitrogen and oxygen atoms in total. The van der Waals surface area contributed by atoms with Gasteiger partial charge in [-0.1, -0.05) is 30.3 Å². The number of para-hydroxylation sites is 1. The van der Waals surface area contributed by atoms with Crippen LogP contribution in [0.4, 0.5) is 17.5 Å². The number of nitrogens with one attached hydrogen (secondary N) is 1. The van der Waals surface area contributed by atoms with Gasteiger partial charge in [-0.25, -0.2) is 4.98 Å². The SMILES string of the molecule is COc1ccc(CCNc2ccnc(N3CCCc4ccccc43)n2)cc1. The summed E-state index contributed by atoms with van der Waals surface area (Å²) in [5.74, 6) is 2.50. The van der Waals surface area contributed by atoms with E-state index in [0.29, 0.717) is 0 Å². The zero-order valence-corrected chi connectivity index (χ0v) is 15.6. The number of hydrogen-bond donors (Lipinski definition) is 1. The highest BCUT2D eigenvalue weighted by atomic mass is 16.5. The third kappa shape index (κ3) is 4.03. The molecule has 0 unspecified atom stereocenters. The molecule has 2 heterocycles. The Balaban J connectivity index is 1.42. The van der Waals surface area contributed by atoms with E-state index in [9.17, 15) is 0 Å². The van der Waals surface area contributed by atoms with Gasteiger partial charge in [0, 0.05) is 25.0 Å². The van der Waals surface area contributed by atoms with Crippen molar-refractivity contribution < 1.29 is 4.74 Å². The molecular formula is C22H24N4O. The fourth-order valence-corrected chi connectivity index (χ4v) is 3.45. The first kappa shape index (κ1) is 17.3. The van der Waals surface area contributed by atoms with Crippen molar-refractivity contribution >= 4 is 17.5 Å². The summed E-state index contributed by atoms with van der Waals surface area (Å²) in [6.45, 7) is 1.77. The van der Waals surface area contributed by atoms with Gasteiger partial charge >= 0.3 is 0 Å². The molecule has 1 aromatic heterocycles. The average molecular weight is 360 g/mol. The van der Waals surface area contributed by atoms with Crippen molar-refractivity contribution in [3.05, 3.63) is 71.9 Å². The quantitative estimate of drug-likeness (QED) is 0.713. The van der Waals surface area contributed by atoms with E-state index in [1.165, 1.54) is 16.8 Å². The van der Waals surface area contributed by atoms with E-state index in [4.69, 9.17) is 9.72 Å². The lowest BCUT2D eigenvalue weighted by Crippen LogP contribution is -2.26. The number of aryl methyl sites for hydroxylation is 1. The molecule has 0 bridgehead atoms. The first-order valence-corrected chi connectivity index (χ1v) is 9.39. The molecule has 0 aliphatic carbocycles. The average Bonchev–Trinajstić information content (AvgIpc) is 2.74. The van der Waals surface area contributed by atoms with Crippen LogP contribution in [0.3, 0.4) is 0 Å². The molecule has 1 aliphatic heterocycles. The van der Waals surface area contributed by atoms with Gasteiger partial charge in [0.05, 0.1) is 7.11 Å². The highest BCUT2D eigenvalue weighted by Crippen LogP contribution is 2.31. The highest BCUT2D eigenvalue weighted by molar-refractivity contribution is 5.64. The van der Waals surface area contributed by atoms with Crippen molar-refractivity contribution in [2.24, 2.45) is 0 Å². The predicted molar refractivity (Wildman–Crippen MR) is 109 cm³/mol. The number of ether oxygens (including phenoxy) is 1. The van der Waals surface area contributed by atoms with Gasteiger partial charge in [-0.15, -0.1) is 0 Å². The number of aromatic nitrogens is 2. The van der Waals surface area contributed by atoms with Crippen molar-refractivity contribution in [2.45, 2.75) is 19.3 Å². The topological polar surface area (TPSA) is 50.3 Å². The Kier molecular flexibility index (Phi) is 5.19. The molecule has 0 atom stereocenters. The second-order valence-electron chi connectivity index (χ2n) is 6.65. The van der Waals surface area contributed by atoms with E-state index >= 15 is 0 Å². The van der Waals surface area contributed by atoms with Crippen LogP contribution in [0.1, 0.15) is 17.5 Å². The van der Waals surface area contributed by atoms with Crippen molar-refractivity contribution in [3.8, 4) is 5.75 Å². The third-order valence-corrected chi connectivity index (χ3v) is 4.87. The van der Waals surface area contributed by atoms with E-state index < -0.39 is 0 Å². The summed E-state index contributed by atoms with van der Waals surface area (Å²) in [7, 11) is 1.68. The molecule has 0 fully saturated rings. The van der Waals surface area contributed by atoms with Crippen molar-refractivity contribution in [1.29, 1.82) is 0 Å². The maximum absolute atomic E-state index is 5.20. The number of benzene rings is 2. The standard InChI is InChI=1S/C22H24N4O/c1-27-19-10-8-17(9-11-19)12-14-23-21-13-15-24-22(25-21)26-16-4-6-18-5-2-3-7-20(18)26/h2-3,5,7-11,13,15H,4,6,12,14,16H2,1H3,(H,23,24,25). The van der Waals surface area contributed by atoms with Crippen LogP contribution in [0.2, 0.25) is 0 Å². The normalized spacial score (nSPS) is 13.1. The second kappa shape index (κ2) is 8.08. The number of rotatable bonds is 6.